The lowest BCUT2D eigenvalue weighted by molar-refractivity contribution is 0.0709. The molecule has 0 fully saturated rings. The molecule has 0 saturated heterocycles. The second-order valence-electron chi connectivity index (χ2n) is 7.73. The molecule has 1 aromatic carbocycles. The van der Waals surface area contributed by atoms with Gasteiger partial charge in [0.2, 0.25) is 0 Å². The Labute approximate surface area is 174 Å². The van der Waals surface area contributed by atoms with Crippen LogP contribution in [0.15, 0.2) is 47.1 Å². The number of methoxy groups -OCH3 is 1. The Bertz CT molecular complexity index is 1200. The van der Waals surface area contributed by atoms with Crippen LogP contribution in [0.3, 0.4) is 0 Å². The lowest BCUT2D eigenvalue weighted by atomic mass is 10.2. The molecule has 1 aliphatic rings. The Hall–Kier alpha value is -3.48. The van der Waals surface area contributed by atoms with Gasteiger partial charge in [0.05, 0.1) is 32.2 Å². The highest BCUT2D eigenvalue weighted by atomic mass is 16.5. The first-order valence-corrected chi connectivity index (χ1v) is 10.1. The van der Waals surface area contributed by atoms with Crippen LogP contribution in [0.1, 0.15) is 39.6 Å². The molecule has 0 atom stereocenters. The van der Waals surface area contributed by atoms with E-state index in [2.05, 4.69) is 4.98 Å². The van der Waals surface area contributed by atoms with Crippen molar-refractivity contribution >= 4 is 16.8 Å². The highest BCUT2D eigenvalue weighted by Crippen LogP contribution is 2.27. The van der Waals surface area contributed by atoms with Crippen molar-refractivity contribution in [2.24, 2.45) is 7.05 Å². The third-order valence-corrected chi connectivity index (χ3v) is 5.81. The molecule has 3 aromatic heterocycles. The molecule has 7 heteroatoms. The summed E-state index contributed by atoms with van der Waals surface area (Å²) in [6.45, 7) is 0.831. The van der Waals surface area contributed by atoms with Crippen molar-refractivity contribution in [3.8, 4) is 5.75 Å². The number of aryl methyl sites for hydroxylation is 1. The number of fused-ring (bicyclic) bond motifs is 2. The predicted molar refractivity (Wildman–Crippen MR) is 112 cm³/mol. The summed E-state index contributed by atoms with van der Waals surface area (Å²) in [5.41, 5.74) is 4.96. The molecule has 0 radical (unpaired) electrons. The standard InChI is InChI=1S/C23H24N4O3/c1-26-22-7-3-6-18(22)21(25-26)14-27(13-17-5-4-10-30-17)23(28)20-11-15-8-9-16(29-2)12-19(15)24-20/h4-5,8-12,24H,3,6-7,13-14H2,1-2H3. The van der Waals surface area contributed by atoms with Gasteiger partial charge in [0.25, 0.3) is 5.91 Å². The largest absolute Gasteiger partial charge is 0.497 e. The predicted octanol–water partition coefficient (Wildman–Crippen LogP) is 3.83. The molecule has 1 aliphatic carbocycles. The molecule has 0 bridgehead atoms. The number of aromatic amines is 1. The number of H-pyrrole nitrogens is 1. The van der Waals surface area contributed by atoms with Crippen LogP contribution in [0.5, 0.6) is 5.75 Å². The number of carbonyl (C=O) groups is 1. The number of nitrogens with zero attached hydrogens (tertiary/aromatic N) is 3. The van der Waals surface area contributed by atoms with Gasteiger partial charge < -0.3 is 19.0 Å². The second kappa shape index (κ2) is 7.40. The van der Waals surface area contributed by atoms with E-state index in [0.29, 0.717) is 18.8 Å². The Morgan fingerprint density at radius 2 is 2.17 bits per heavy atom. The number of ether oxygens (including phenoxy) is 1. The first-order valence-electron chi connectivity index (χ1n) is 10.1. The van der Waals surface area contributed by atoms with Crippen molar-refractivity contribution in [2.75, 3.05) is 7.11 Å². The van der Waals surface area contributed by atoms with Crippen molar-refractivity contribution in [2.45, 2.75) is 32.4 Å². The molecule has 0 unspecified atom stereocenters. The summed E-state index contributed by atoms with van der Waals surface area (Å²) < 4.78 is 12.8. The molecule has 0 saturated carbocycles. The van der Waals surface area contributed by atoms with Crippen LogP contribution in [0.2, 0.25) is 0 Å². The summed E-state index contributed by atoms with van der Waals surface area (Å²) in [7, 11) is 3.62. The van der Waals surface area contributed by atoms with Gasteiger partial charge in [-0.15, -0.1) is 0 Å². The summed E-state index contributed by atoms with van der Waals surface area (Å²) >= 11 is 0. The molecule has 1 amide bonds. The van der Waals surface area contributed by atoms with Gasteiger partial charge in [0.15, 0.2) is 0 Å². The number of benzene rings is 1. The summed E-state index contributed by atoms with van der Waals surface area (Å²) in [4.78, 5) is 18.5. The molecule has 5 rings (SSSR count). The molecule has 0 spiro atoms. The number of hydrogen-bond donors (Lipinski definition) is 1. The maximum absolute atomic E-state index is 13.5. The number of amides is 1. The number of carbonyl (C=O) groups excluding carboxylic acids is 1. The SMILES string of the molecule is COc1ccc2cc(C(=O)N(Cc3ccco3)Cc3nn(C)c4c3CCC4)[nH]c2c1. The van der Waals surface area contributed by atoms with Gasteiger partial charge in [-0.1, -0.05) is 0 Å². The van der Waals surface area contributed by atoms with Gasteiger partial charge in [-0.25, -0.2) is 0 Å². The summed E-state index contributed by atoms with van der Waals surface area (Å²) in [5.74, 6) is 1.41. The monoisotopic (exact) mass is 404 g/mol. The fourth-order valence-corrected chi connectivity index (χ4v) is 4.31. The highest BCUT2D eigenvalue weighted by molar-refractivity contribution is 5.98. The molecule has 4 aromatic rings. The van der Waals surface area contributed by atoms with Crippen LogP contribution in [0.4, 0.5) is 0 Å². The normalized spacial score (nSPS) is 13.0. The number of furan rings is 1. The van der Waals surface area contributed by atoms with Crippen LogP contribution < -0.4 is 4.74 Å². The highest BCUT2D eigenvalue weighted by Gasteiger charge is 2.26. The van der Waals surface area contributed by atoms with Crippen molar-refractivity contribution < 1.29 is 13.9 Å². The molecule has 0 aliphatic heterocycles. The average Bonchev–Trinajstić information content (AvgIpc) is 3.53. The topological polar surface area (TPSA) is 76.3 Å². The molecular weight excluding hydrogens is 380 g/mol. The Kier molecular flexibility index (Phi) is 4.58. The number of hydrogen-bond acceptors (Lipinski definition) is 4. The van der Waals surface area contributed by atoms with Gasteiger partial charge in [0, 0.05) is 29.7 Å². The minimum atomic E-state index is -0.0843. The van der Waals surface area contributed by atoms with E-state index < -0.39 is 0 Å². The van der Waals surface area contributed by atoms with Crippen LogP contribution >= 0.6 is 0 Å². The van der Waals surface area contributed by atoms with Crippen LogP contribution in [-0.4, -0.2) is 32.7 Å². The zero-order valence-electron chi connectivity index (χ0n) is 17.1. The average molecular weight is 404 g/mol. The van der Waals surface area contributed by atoms with E-state index in [9.17, 15) is 4.79 Å². The van der Waals surface area contributed by atoms with E-state index in [1.54, 1.807) is 18.3 Å². The second-order valence-corrected chi connectivity index (χ2v) is 7.73. The van der Waals surface area contributed by atoms with Crippen molar-refractivity contribution in [1.82, 2.24) is 19.7 Å². The Morgan fingerprint density at radius 3 is 2.97 bits per heavy atom. The van der Waals surface area contributed by atoms with Crippen LogP contribution in [0.25, 0.3) is 10.9 Å². The molecule has 7 nitrogen and oxygen atoms in total. The van der Waals surface area contributed by atoms with Crippen LogP contribution in [-0.2, 0) is 33.0 Å². The zero-order chi connectivity index (χ0) is 20.7. The lowest BCUT2D eigenvalue weighted by Gasteiger charge is -2.20. The fraction of sp³-hybridized carbons (Fsp3) is 0.304. The van der Waals surface area contributed by atoms with E-state index in [0.717, 1.165) is 47.4 Å². The summed E-state index contributed by atoms with van der Waals surface area (Å²) in [5, 5.41) is 5.68. The number of aromatic nitrogens is 3. The number of nitrogens with one attached hydrogen (secondary N) is 1. The summed E-state index contributed by atoms with van der Waals surface area (Å²) in [6.07, 6.45) is 4.85. The minimum Gasteiger partial charge on any atom is -0.497 e. The van der Waals surface area contributed by atoms with E-state index in [4.69, 9.17) is 14.3 Å². The first-order chi connectivity index (χ1) is 14.6. The molecule has 154 valence electrons. The lowest BCUT2D eigenvalue weighted by Crippen LogP contribution is -2.30. The van der Waals surface area contributed by atoms with Crippen molar-refractivity contribution in [3.63, 3.8) is 0 Å². The Balaban J connectivity index is 1.48. The van der Waals surface area contributed by atoms with E-state index in [-0.39, 0.29) is 5.91 Å². The minimum absolute atomic E-state index is 0.0843. The van der Waals surface area contributed by atoms with E-state index in [1.165, 1.54) is 11.3 Å². The first kappa shape index (κ1) is 18.5. The van der Waals surface area contributed by atoms with E-state index in [1.807, 2.05) is 48.1 Å². The quantitative estimate of drug-likeness (QED) is 0.530. The van der Waals surface area contributed by atoms with Gasteiger partial charge in [-0.2, -0.15) is 5.10 Å². The molecular formula is C23H24N4O3. The molecule has 30 heavy (non-hydrogen) atoms. The molecule has 3 heterocycles. The third kappa shape index (κ3) is 3.26. The maximum atomic E-state index is 13.5. The van der Waals surface area contributed by atoms with Crippen molar-refractivity contribution in [1.29, 1.82) is 0 Å². The maximum Gasteiger partial charge on any atom is 0.271 e. The van der Waals surface area contributed by atoms with E-state index >= 15 is 0 Å². The fourth-order valence-electron chi connectivity index (χ4n) is 4.31. The van der Waals surface area contributed by atoms with Crippen LogP contribution in [0, 0.1) is 0 Å². The smallest absolute Gasteiger partial charge is 0.271 e. The third-order valence-electron chi connectivity index (χ3n) is 5.81. The Morgan fingerprint density at radius 1 is 1.27 bits per heavy atom. The summed E-state index contributed by atoms with van der Waals surface area (Å²) in [6, 6.07) is 11.3. The van der Waals surface area contributed by atoms with Gasteiger partial charge in [-0.3, -0.25) is 9.48 Å². The molecule has 1 N–H and O–H groups in total. The van der Waals surface area contributed by atoms with Gasteiger partial charge in [0.1, 0.15) is 17.2 Å². The van der Waals surface area contributed by atoms with Gasteiger partial charge >= 0.3 is 0 Å². The van der Waals surface area contributed by atoms with Crippen molar-refractivity contribution in [3.05, 3.63) is 71.1 Å². The van der Waals surface area contributed by atoms with Gasteiger partial charge in [-0.05, 0) is 55.2 Å². The number of rotatable bonds is 6. The zero-order valence-corrected chi connectivity index (χ0v) is 17.1.